The third-order valence-corrected chi connectivity index (χ3v) is 3.30. The molecule has 110 valence electrons. The summed E-state index contributed by atoms with van der Waals surface area (Å²) in [7, 11) is 0. The Labute approximate surface area is 124 Å². The van der Waals surface area contributed by atoms with E-state index in [0.29, 0.717) is 11.3 Å². The lowest BCUT2D eigenvalue weighted by atomic mass is 10.1. The molecule has 2 aromatic carbocycles. The van der Waals surface area contributed by atoms with Crippen LogP contribution in [0, 0.1) is 12.7 Å². The summed E-state index contributed by atoms with van der Waals surface area (Å²) in [5.74, 6) is -0.412. The Balaban J connectivity index is 1.86. The largest absolute Gasteiger partial charge is 0.376 e. The summed E-state index contributed by atoms with van der Waals surface area (Å²) >= 11 is 0. The highest BCUT2D eigenvalue weighted by atomic mass is 19.1. The fourth-order valence-corrected chi connectivity index (χ4v) is 2.00. The number of halogens is 1. The molecule has 0 saturated carbocycles. The summed E-state index contributed by atoms with van der Waals surface area (Å²) in [5.41, 5.74) is 2.23. The second kappa shape index (κ2) is 6.88. The van der Waals surface area contributed by atoms with Crippen LogP contribution in [0.5, 0.6) is 0 Å². The molecule has 0 aliphatic heterocycles. The summed E-state index contributed by atoms with van der Waals surface area (Å²) in [6, 6.07) is 14.5. The number of hydrogen-bond donors (Lipinski definition) is 2. The fourth-order valence-electron chi connectivity index (χ4n) is 2.00. The van der Waals surface area contributed by atoms with Crippen molar-refractivity contribution in [2.75, 3.05) is 11.9 Å². The van der Waals surface area contributed by atoms with Crippen molar-refractivity contribution in [3.8, 4) is 0 Å². The van der Waals surface area contributed by atoms with Crippen LogP contribution in [-0.2, 0) is 4.79 Å². The molecule has 0 aliphatic rings. The third-order valence-electron chi connectivity index (χ3n) is 3.30. The van der Waals surface area contributed by atoms with E-state index in [9.17, 15) is 9.18 Å². The molecule has 21 heavy (non-hydrogen) atoms. The number of hydrogen-bond acceptors (Lipinski definition) is 2. The van der Waals surface area contributed by atoms with Crippen LogP contribution < -0.4 is 10.6 Å². The lowest BCUT2D eigenvalue weighted by molar-refractivity contribution is -0.120. The number of carbonyl (C=O) groups excluding carboxylic acids is 1. The average molecular weight is 286 g/mol. The van der Waals surface area contributed by atoms with E-state index in [-0.39, 0.29) is 24.3 Å². The lowest BCUT2D eigenvalue weighted by Gasteiger charge is -2.15. The molecule has 0 spiro atoms. The number of anilines is 1. The Morgan fingerprint density at radius 2 is 1.90 bits per heavy atom. The molecule has 0 radical (unpaired) electrons. The number of benzene rings is 2. The fraction of sp³-hybridized carbons (Fsp3) is 0.235. The Hall–Kier alpha value is -2.36. The maximum atomic E-state index is 13.4. The first-order valence-corrected chi connectivity index (χ1v) is 6.90. The zero-order chi connectivity index (χ0) is 15.2. The minimum atomic E-state index is -0.280. The van der Waals surface area contributed by atoms with Crippen molar-refractivity contribution in [2.24, 2.45) is 0 Å². The molecule has 2 aromatic rings. The lowest BCUT2D eigenvalue weighted by Crippen LogP contribution is -2.32. The molecule has 0 bridgehead atoms. The van der Waals surface area contributed by atoms with Gasteiger partial charge in [-0.1, -0.05) is 36.4 Å². The van der Waals surface area contributed by atoms with Gasteiger partial charge in [0.2, 0.25) is 5.91 Å². The maximum absolute atomic E-state index is 13.4. The van der Waals surface area contributed by atoms with E-state index in [0.717, 1.165) is 5.56 Å². The quantitative estimate of drug-likeness (QED) is 0.884. The van der Waals surface area contributed by atoms with Crippen LogP contribution in [0.1, 0.15) is 24.1 Å². The molecule has 0 aromatic heterocycles. The predicted molar refractivity (Wildman–Crippen MR) is 82.6 cm³/mol. The second-order valence-electron chi connectivity index (χ2n) is 5.02. The third kappa shape index (κ3) is 4.31. The van der Waals surface area contributed by atoms with Crippen molar-refractivity contribution in [3.05, 3.63) is 65.5 Å². The topological polar surface area (TPSA) is 41.1 Å². The van der Waals surface area contributed by atoms with Gasteiger partial charge in [-0.05, 0) is 37.1 Å². The summed E-state index contributed by atoms with van der Waals surface area (Å²) in [5, 5.41) is 5.81. The monoisotopic (exact) mass is 286 g/mol. The number of amides is 1. The van der Waals surface area contributed by atoms with Crippen molar-refractivity contribution in [1.82, 2.24) is 5.32 Å². The molecule has 2 N–H and O–H groups in total. The van der Waals surface area contributed by atoms with Gasteiger partial charge in [0.15, 0.2) is 0 Å². The Morgan fingerprint density at radius 3 is 2.57 bits per heavy atom. The zero-order valence-electron chi connectivity index (χ0n) is 12.2. The van der Waals surface area contributed by atoms with E-state index in [1.54, 1.807) is 19.1 Å². The van der Waals surface area contributed by atoms with Crippen LogP contribution in [0.2, 0.25) is 0 Å². The SMILES string of the molecule is Cc1ccc(NCC(=O)NC(C)c2ccccc2)cc1F. The molecule has 0 fully saturated rings. The Morgan fingerprint density at radius 1 is 1.19 bits per heavy atom. The van der Waals surface area contributed by atoms with Crippen LogP contribution >= 0.6 is 0 Å². The summed E-state index contributed by atoms with van der Waals surface area (Å²) in [6.45, 7) is 3.74. The van der Waals surface area contributed by atoms with Crippen molar-refractivity contribution in [1.29, 1.82) is 0 Å². The first kappa shape index (κ1) is 15.0. The van der Waals surface area contributed by atoms with Crippen molar-refractivity contribution in [2.45, 2.75) is 19.9 Å². The first-order valence-electron chi connectivity index (χ1n) is 6.90. The van der Waals surface area contributed by atoms with E-state index in [4.69, 9.17) is 0 Å². The van der Waals surface area contributed by atoms with Crippen molar-refractivity contribution >= 4 is 11.6 Å². The molecule has 1 unspecified atom stereocenters. The van der Waals surface area contributed by atoms with Crippen LogP contribution in [0.4, 0.5) is 10.1 Å². The van der Waals surface area contributed by atoms with Crippen LogP contribution in [0.15, 0.2) is 48.5 Å². The minimum absolute atomic E-state index is 0.0600. The smallest absolute Gasteiger partial charge is 0.239 e. The highest BCUT2D eigenvalue weighted by Crippen LogP contribution is 2.14. The van der Waals surface area contributed by atoms with E-state index in [1.807, 2.05) is 37.3 Å². The molecule has 2 rings (SSSR count). The van der Waals surface area contributed by atoms with Gasteiger partial charge >= 0.3 is 0 Å². The van der Waals surface area contributed by atoms with E-state index in [1.165, 1.54) is 6.07 Å². The number of carbonyl (C=O) groups is 1. The summed E-state index contributed by atoms with van der Waals surface area (Å²) in [4.78, 5) is 11.9. The standard InChI is InChI=1S/C17H19FN2O/c1-12-8-9-15(10-16(12)18)19-11-17(21)20-13(2)14-6-4-3-5-7-14/h3-10,13,19H,11H2,1-2H3,(H,20,21). The maximum Gasteiger partial charge on any atom is 0.239 e. The van der Waals surface area contributed by atoms with Crippen LogP contribution in [0.3, 0.4) is 0 Å². The molecule has 0 heterocycles. The van der Waals surface area contributed by atoms with Crippen LogP contribution in [0.25, 0.3) is 0 Å². The van der Waals surface area contributed by atoms with Gasteiger partial charge in [-0.25, -0.2) is 4.39 Å². The van der Waals surface area contributed by atoms with Crippen LogP contribution in [-0.4, -0.2) is 12.5 Å². The molecule has 3 nitrogen and oxygen atoms in total. The Kier molecular flexibility index (Phi) is 4.93. The van der Waals surface area contributed by atoms with Gasteiger partial charge in [-0.15, -0.1) is 0 Å². The molecular weight excluding hydrogens is 267 g/mol. The van der Waals surface area contributed by atoms with E-state index in [2.05, 4.69) is 10.6 Å². The van der Waals surface area contributed by atoms with Gasteiger partial charge in [0, 0.05) is 5.69 Å². The highest BCUT2D eigenvalue weighted by molar-refractivity contribution is 5.81. The number of aryl methyl sites for hydroxylation is 1. The van der Waals surface area contributed by atoms with E-state index >= 15 is 0 Å². The van der Waals surface area contributed by atoms with Gasteiger partial charge in [0.05, 0.1) is 12.6 Å². The van der Waals surface area contributed by atoms with Gasteiger partial charge < -0.3 is 10.6 Å². The molecule has 0 saturated heterocycles. The normalized spacial score (nSPS) is 11.8. The van der Waals surface area contributed by atoms with Crippen molar-refractivity contribution in [3.63, 3.8) is 0 Å². The number of rotatable bonds is 5. The predicted octanol–water partition coefficient (Wildman–Crippen LogP) is 3.42. The van der Waals surface area contributed by atoms with Gasteiger partial charge in [0.1, 0.15) is 5.82 Å². The molecular formula is C17H19FN2O. The van der Waals surface area contributed by atoms with Gasteiger partial charge in [0.25, 0.3) is 0 Å². The molecule has 4 heteroatoms. The highest BCUT2D eigenvalue weighted by Gasteiger charge is 2.09. The Bertz CT molecular complexity index is 613. The summed E-state index contributed by atoms with van der Waals surface area (Å²) in [6.07, 6.45) is 0. The van der Waals surface area contributed by atoms with Gasteiger partial charge in [-0.2, -0.15) is 0 Å². The first-order chi connectivity index (χ1) is 10.1. The molecule has 1 atom stereocenters. The minimum Gasteiger partial charge on any atom is -0.376 e. The van der Waals surface area contributed by atoms with Gasteiger partial charge in [-0.3, -0.25) is 4.79 Å². The molecule has 1 amide bonds. The van der Waals surface area contributed by atoms with E-state index < -0.39 is 0 Å². The number of nitrogens with one attached hydrogen (secondary N) is 2. The van der Waals surface area contributed by atoms with Crippen molar-refractivity contribution < 1.29 is 9.18 Å². The summed E-state index contributed by atoms with van der Waals surface area (Å²) < 4.78 is 13.4. The average Bonchev–Trinajstić information content (AvgIpc) is 2.49. The zero-order valence-corrected chi connectivity index (χ0v) is 12.2. The second-order valence-corrected chi connectivity index (χ2v) is 5.02. The molecule has 0 aliphatic carbocycles.